The lowest BCUT2D eigenvalue weighted by Crippen LogP contribution is -2.31. The van der Waals surface area contributed by atoms with Crippen LogP contribution in [-0.2, 0) is 11.2 Å². The normalized spacial score (nSPS) is 14.1. The van der Waals surface area contributed by atoms with Crippen LogP contribution in [0.4, 0.5) is 0 Å². The van der Waals surface area contributed by atoms with Gasteiger partial charge in [0.05, 0.1) is 0 Å². The van der Waals surface area contributed by atoms with Crippen molar-refractivity contribution < 1.29 is 14.3 Å². The summed E-state index contributed by atoms with van der Waals surface area (Å²) in [6.45, 7) is 1.99. The Kier molecular flexibility index (Phi) is 2.41. The van der Waals surface area contributed by atoms with E-state index in [0.717, 1.165) is 12.0 Å². The summed E-state index contributed by atoms with van der Waals surface area (Å²) in [5, 5.41) is 2.75. The van der Waals surface area contributed by atoms with Crippen LogP contribution in [0, 0.1) is 0 Å². The fraction of sp³-hybridized carbons (Fsp3) is 0.273. The number of amides is 1. The second-order valence-corrected chi connectivity index (χ2v) is 3.42. The van der Waals surface area contributed by atoms with E-state index in [1.54, 1.807) is 18.2 Å². The van der Waals surface area contributed by atoms with Crippen LogP contribution in [-0.4, -0.2) is 18.4 Å². The molecular formula is C11H11NO3. The maximum Gasteiger partial charge on any atom is 0.308 e. The highest BCUT2D eigenvalue weighted by Gasteiger charge is 2.16. The Morgan fingerprint density at radius 1 is 1.47 bits per heavy atom. The van der Waals surface area contributed by atoms with Gasteiger partial charge in [0.1, 0.15) is 5.75 Å². The van der Waals surface area contributed by atoms with Gasteiger partial charge in [-0.15, -0.1) is 0 Å². The van der Waals surface area contributed by atoms with Gasteiger partial charge in [0, 0.05) is 19.0 Å². The van der Waals surface area contributed by atoms with E-state index >= 15 is 0 Å². The number of hydrogen-bond donors (Lipinski definition) is 1. The second-order valence-electron chi connectivity index (χ2n) is 3.42. The Balaban J connectivity index is 2.33. The molecule has 1 aromatic rings. The van der Waals surface area contributed by atoms with E-state index in [0.29, 0.717) is 17.9 Å². The van der Waals surface area contributed by atoms with Crippen molar-refractivity contribution in [1.82, 2.24) is 5.32 Å². The number of rotatable bonds is 1. The molecule has 0 fully saturated rings. The minimum absolute atomic E-state index is 0.0642. The maximum absolute atomic E-state index is 11.4. The highest BCUT2D eigenvalue weighted by molar-refractivity contribution is 5.96. The standard InChI is InChI=1S/C11H11NO3/c1-7(13)15-9-2-3-10-8(6-9)4-5-12-11(10)14/h2-3,6H,4-5H2,1H3,(H,12,14). The molecule has 0 radical (unpaired) electrons. The van der Waals surface area contributed by atoms with E-state index in [-0.39, 0.29) is 11.9 Å². The van der Waals surface area contributed by atoms with Crippen molar-refractivity contribution in [1.29, 1.82) is 0 Å². The average molecular weight is 205 g/mol. The van der Waals surface area contributed by atoms with Crippen LogP contribution in [0.3, 0.4) is 0 Å². The van der Waals surface area contributed by atoms with Gasteiger partial charge >= 0.3 is 5.97 Å². The number of carbonyl (C=O) groups excluding carboxylic acids is 2. The van der Waals surface area contributed by atoms with Gasteiger partial charge in [-0.3, -0.25) is 9.59 Å². The number of esters is 1. The first-order valence-electron chi connectivity index (χ1n) is 4.76. The van der Waals surface area contributed by atoms with Crippen LogP contribution < -0.4 is 10.1 Å². The molecule has 1 aromatic carbocycles. The SMILES string of the molecule is CC(=O)Oc1ccc2c(c1)CCNC2=O. The number of fused-ring (bicyclic) bond motifs is 1. The molecule has 1 N–H and O–H groups in total. The summed E-state index contributed by atoms with van der Waals surface area (Å²) in [4.78, 5) is 22.1. The van der Waals surface area contributed by atoms with E-state index in [1.165, 1.54) is 6.92 Å². The molecule has 0 spiro atoms. The number of hydrogen-bond acceptors (Lipinski definition) is 3. The third kappa shape index (κ3) is 1.98. The summed E-state index contributed by atoms with van der Waals surface area (Å²) in [7, 11) is 0. The Labute approximate surface area is 87.2 Å². The van der Waals surface area contributed by atoms with Gasteiger partial charge in [-0.2, -0.15) is 0 Å². The van der Waals surface area contributed by atoms with Crippen molar-refractivity contribution in [2.45, 2.75) is 13.3 Å². The summed E-state index contributed by atoms with van der Waals surface area (Å²) in [5.74, 6) is 0.0804. The van der Waals surface area contributed by atoms with E-state index in [4.69, 9.17) is 4.74 Å². The molecule has 2 rings (SSSR count). The smallest absolute Gasteiger partial charge is 0.308 e. The average Bonchev–Trinajstić information content (AvgIpc) is 2.17. The van der Waals surface area contributed by atoms with Crippen molar-refractivity contribution in [2.75, 3.05) is 6.54 Å². The van der Waals surface area contributed by atoms with Gasteiger partial charge in [-0.25, -0.2) is 0 Å². The van der Waals surface area contributed by atoms with Crippen LogP contribution in [0.1, 0.15) is 22.8 Å². The van der Waals surface area contributed by atoms with Crippen LogP contribution in [0.2, 0.25) is 0 Å². The quantitative estimate of drug-likeness (QED) is 0.547. The molecule has 15 heavy (non-hydrogen) atoms. The summed E-state index contributed by atoms with van der Waals surface area (Å²) in [5.41, 5.74) is 1.59. The number of carbonyl (C=O) groups is 2. The van der Waals surface area contributed by atoms with Crippen molar-refractivity contribution in [3.63, 3.8) is 0 Å². The maximum atomic E-state index is 11.4. The minimum atomic E-state index is -0.352. The van der Waals surface area contributed by atoms with Gasteiger partial charge in [-0.1, -0.05) is 0 Å². The van der Waals surface area contributed by atoms with Crippen LogP contribution in [0.25, 0.3) is 0 Å². The third-order valence-electron chi connectivity index (χ3n) is 2.26. The molecule has 4 nitrogen and oxygen atoms in total. The number of ether oxygens (including phenoxy) is 1. The Morgan fingerprint density at radius 2 is 2.27 bits per heavy atom. The zero-order chi connectivity index (χ0) is 10.8. The lowest BCUT2D eigenvalue weighted by Gasteiger charge is -2.16. The third-order valence-corrected chi connectivity index (χ3v) is 2.26. The van der Waals surface area contributed by atoms with Gasteiger partial charge in [-0.05, 0) is 30.2 Å². The Hall–Kier alpha value is -1.84. The topological polar surface area (TPSA) is 55.4 Å². The van der Waals surface area contributed by atoms with E-state index in [1.807, 2.05) is 0 Å². The number of benzene rings is 1. The first-order chi connectivity index (χ1) is 7.16. The van der Waals surface area contributed by atoms with Crippen molar-refractivity contribution in [3.8, 4) is 5.75 Å². The summed E-state index contributed by atoms with van der Waals surface area (Å²) in [6.07, 6.45) is 0.774. The van der Waals surface area contributed by atoms with Crippen molar-refractivity contribution >= 4 is 11.9 Å². The summed E-state index contributed by atoms with van der Waals surface area (Å²) >= 11 is 0. The largest absolute Gasteiger partial charge is 0.427 e. The van der Waals surface area contributed by atoms with E-state index in [2.05, 4.69) is 5.32 Å². The molecule has 0 saturated carbocycles. The van der Waals surface area contributed by atoms with Gasteiger partial charge in [0.25, 0.3) is 5.91 Å². The van der Waals surface area contributed by atoms with Gasteiger partial charge in [0.2, 0.25) is 0 Å². The molecule has 4 heteroatoms. The van der Waals surface area contributed by atoms with Gasteiger partial charge in [0.15, 0.2) is 0 Å². The summed E-state index contributed by atoms with van der Waals surface area (Å²) in [6, 6.07) is 5.06. The highest BCUT2D eigenvalue weighted by atomic mass is 16.5. The molecule has 0 unspecified atom stereocenters. The number of nitrogens with one attached hydrogen (secondary N) is 1. The molecule has 1 amide bonds. The van der Waals surface area contributed by atoms with Gasteiger partial charge < -0.3 is 10.1 Å². The van der Waals surface area contributed by atoms with Crippen molar-refractivity contribution in [2.24, 2.45) is 0 Å². The molecule has 0 bridgehead atoms. The predicted octanol–water partition coefficient (Wildman–Crippen LogP) is 0.898. The second kappa shape index (κ2) is 3.73. The highest BCUT2D eigenvalue weighted by Crippen LogP contribution is 2.20. The fourth-order valence-corrected chi connectivity index (χ4v) is 1.63. The fourth-order valence-electron chi connectivity index (χ4n) is 1.63. The molecule has 1 heterocycles. The molecule has 1 aliphatic heterocycles. The molecule has 1 aliphatic rings. The van der Waals surface area contributed by atoms with Crippen LogP contribution in [0.15, 0.2) is 18.2 Å². The van der Waals surface area contributed by atoms with Crippen LogP contribution >= 0.6 is 0 Å². The lowest BCUT2D eigenvalue weighted by molar-refractivity contribution is -0.131. The summed E-state index contributed by atoms with van der Waals surface area (Å²) < 4.78 is 4.94. The Morgan fingerprint density at radius 3 is 3.00 bits per heavy atom. The Bertz CT molecular complexity index is 426. The first kappa shape index (κ1) is 9.71. The predicted molar refractivity (Wildman–Crippen MR) is 53.8 cm³/mol. The van der Waals surface area contributed by atoms with E-state index in [9.17, 15) is 9.59 Å². The van der Waals surface area contributed by atoms with Crippen LogP contribution in [0.5, 0.6) is 5.75 Å². The molecule has 0 atom stereocenters. The molecule has 0 saturated heterocycles. The molecular weight excluding hydrogens is 194 g/mol. The lowest BCUT2D eigenvalue weighted by atomic mass is 10.0. The zero-order valence-electron chi connectivity index (χ0n) is 8.37. The molecule has 78 valence electrons. The first-order valence-corrected chi connectivity index (χ1v) is 4.76. The molecule has 0 aliphatic carbocycles. The minimum Gasteiger partial charge on any atom is -0.427 e. The van der Waals surface area contributed by atoms with E-state index < -0.39 is 0 Å². The molecule has 0 aromatic heterocycles. The zero-order valence-corrected chi connectivity index (χ0v) is 8.37. The monoisotopic (exact) mass is 205 g/mol. The van der Waals surface area contributed by atoms with Crippen molar-refractivity contribution in [3.05, 3.63) is 29.3 Å².